The van der Waals surface area contributed by atoms with Gasteiger partial charge < -0.3 is 30.0 Å². The molecule has 0 spiro atoms. The lowest BCUT2D eigenvalue weighted by molar-refractivity contribution is 0.255. The minimum Gasteiger partial charge on any atom is -0.493 e. The van der Waals surface area contributed by atoms with Crippen molar-refractivity contribution in [3.05, 3.63) is 70.8 Å². The van der Waals surface area contributed by atoms with Gasteiger partial charge in [0.2, 0.25) is 0 Å². The topological polar surface area (TPSA) is 115 Å². The molecule has 0 radical (unpaired) electrons. The number of nitrogens with zero attached hydrogens (tertiary/aromatic N) is 4. The van der Waals surface area contributed by atoms with Crippen LogP contribution in [-0.4, -0.2) is 59.3 Å². The first-order valence-corrected chi connectivity index (χ1v) is 12.7. The molecule has 0 unspecified atom stereocenters. The summed E-state index contributed by atoms with van der Waals surface area (Å²) in [6.45, 7) is 2.88. The van der Waals surface area contributed by atoms with Gasteiger partial charge in [-0.1, -0.05) is 12.1 Å². The molecule has 0 aromatic heterocycles. The zero-order chi connectivity index (χ0) is 27.8. The van der Waals surface area contributed by atoms with Gasteiger partial charge in [0.1, 0.15) is 0 Å². The van der Waals surface area contributed by atoms with E-state index in [0.29, 0.717) is 22.7 Å². The minimum atomic E-state index is 0.208. The first kappa shape index (κ1) is 27.7. The normalized spacial score (nSPS) is 13.7. The predicted molar refractivity (Wildman–Crippen MR) is 153 cm³/mol. The number of benzene rings is 3. The Morgan fingerprint density at radius 2 is 1.49 bits per heavy atom. The number of hydrogen-bond donors (Lipinski definition) is 2. The molecule has 3 aromatic rings. The molecule has 4 rings (SSSR count). The standard InChI is InChI=1S/C29H36N6O4/c1-31-24-17-28(39-5)27(38-4)16-23(24)29(30)33-34-32-22-8-6-19(7-9-22)10-12-35-13-11-20-14-25(36-2)26(37-3)15-21(20)18-35/h6-9,14-17,31H,10-13,18H2,1-5H3,(H2,30,32,33). The smallest absolute Gasteiger partial charge is 0.162 e. The van der Waals surface area contributed by atoms with Gasteiger partial charge in [-0.15, -0.1) is 10.2 Å². The Balaban J connectivity index is 1.35. The molecule has 1 aliphatic rings. The molecule has 39 heavy (non-hydrogen) atoms. The Morgan fingerprint density at radius 3 is 2.13 bits per heavy atom. The van der Waals surface area contributed by atoms with Crippen LogP contribution in [-0.2, 0) is 19.4 Å². The highest BCUT2D eigenvalue weighted by Gasteiger charge is 2.19. The zero-order valence-corrected chi connectivity index (χ0v) is 23.2. The number of rotatable bonds is 11. The van der Waals surface area contributed by atoms with E-state index in [9.17, 15) is 0 Å². The fraction of sp³-hybridized carbons (Fsp3) is 0.345. The second-order valence-corrected chi connectivity index (χ2v) is 9.10. The van der Waals surface area contributed by atoms with E-state index >= 15 is 0 Å². The van der Waals surface area contributed by atoms with E-state index in [1.165, 1.54) is 16.7 Å². The molecule has 0 bridgehead atoms. The number of fused-ring (bicyclic) bond motifs is 1. The molecule has 10 nitrogen and oxygen atoms in total. The molecule has 0 atom stereocenters. The second kappa shape index (κ2) is 13.0. The Hall–Kier alpha value is -4.31. The fourth-order valence-corrected chi connectivity index (χ4v) is 4.62. The molecule has 3 N–H and O–H groups in total. The summed E-state index contributed by atoms with van der Waals surface area (Å²) in [7, 11) is 8.29. The second-order valence-electron chi connectivity index (χ2n) is 9.10. The quantitative estimate of drug-likeness (QED) is 0.158. The number of amidine groups is 1. The predicted octanol–water partition coefficient (Wildman–Crippen LogP) is 4.77. The molecule has 0 amide bonds. The third-order valence-corrected chi connectivity index (χ3v) is 6.83. The van der Waals surface area contributed by atoms with Crippen LogP contribution in [0.4, 0.5) is 11.4 Å². The average Bonchev–Trinajstić information content (AvgIpc) is 2.98. The Labute approximate surface area is 229 Å². The lowest BCUT2D eigenvalue weighted by Crippen LogP contribution is -2.32. The Morgan fingerprint density at radius 1 is 0.872 bits per heavy atom. The van der Waals surface area contributed by atoms with Gasteiger partial charge in [0.25, 0.3) is 0 Å². The van der Waals surface area contributed by atoms with E-state index in [4.69, 9.17) is 24.7 Å². The van der Waals surface area contributed by atoms with E-state index in [-0.39, 0.29) is 5.84 Å². The highest BCUT2D eigenvalue weighted by Crippen LogP contribution is 2.34. The molecule has 0 saturated heterocycles. The van der Waals surface area contributed by atoms with E-state index < -0.39 is 0 Å². The van der Waals surface area contributed by atoms with Crippen LogP contribution in [0.25, 0.3) is 0 Å². The molecule has 0 aliphatic carbocycles. The van der Waals surface area contributed by atoms with Gasteiger partial charge in [-0.05, 0) is 65.1 Å². The summed E-state index contributed by atoms with van der Waals surface area (Å²) < 4.78 is 21.6. The number of hydrogen-bond acceptors (Lipinski definition) is 8. The van der Waals surface area contributed by atoms with Crippen molar-refractivity contribution in [2.45, 2.75) is 19.4 Å². The van der Waals surface area contributed by atoms with Crippen LogP contribution in [0.3, 0.4) is 0 Å². The van der Waals surface area contributed by atoms with Crippen LogP contribution >= 0.6 is 0 Å². The number of anilines is 1. The summed E-state index contributed by atoms with van der Waals surface area (Å²) in [4.78, 5) is 2.47. The van der Waals surface area contributed by atoms with Crippen molar-refractivity contribution in [3.63, 3.8) is 0 Å². The summed E-state index contributed by atoms with van der Waals surface area (Å²) in [6, 6.07) is 15.8. The van der Waals surface area contributed by atoms with E-state index in [1.807, 2.05) is 12.1 Å². The van der Waals surface area contributed by atoms with Crippen LogP contribution in [0.2, 0.25) is 0 Å². The van der Waals surface area contributed by atoms with Gasteiger partial charge in [-0.3, -0.25) is 4.90 Å². The highest BCUT2D eigenvalue weighted by molar-refractivity contribution is 6.03. The zero-order valence-electron chi connectivity index (χ0n) is 23.2. The molecular formula is C29H36N6O4. The maximum Gasteiger partial charge on any atom is 0.162 e. The van der Waals surface area contributed by atoms with Gasteiger partial charge in [0, 0.05) is 44.0 Å². The summed E-state index contributed by atoms with van der Waals surface area (Å²) >= 11 is 0. The highest BCUT2D eigenvalue weighted by atomic mass is 16.5. The van der Waals surface area contributed by atoms with Crippen LogP contribution in [0, 0.1) is 0 Å². The van der Waals surface area contributed by atoms with Crippen molar-refractivity contribution < 1.29 is 18.9 Å². The first-order chi connectivity index (χ1) is 19.0. The molecule has 0 saturated carbocycles. The summed E-state index contributed by atoms with van der Waals surface area (Å²) in [6.07, 6.45) is 1.94. The van der Waals surface area contributed by atoms with Crippen LogP contribution < -0.4 is 30.0 Å². The van der Waals surface area contributed by atoms with Crippen molar-refractivity contribution in [2.75, 3.05) is 53.9 Å². The van der Waals surface area contributed by atoms with Gasteiger partial charge in [-0.2, -0.15) is 0 Å². The number of methoxy groups -OCH3 is 4. The monoisotopic (exact) mass is 532 g/mol. The molecule has 1 heterocycles. The fourth-order valence-electron chi connectivity index (χ4n) is 4.62. The van der Waals surface area contributed by atoms with Gasteiger partial charge in [-0.25, -0.2) is 0 Å². The lowest BCUT2D eigenvalue weighted by Gasteiger charge is -2.29. The van der Waals surface area contributed by atoms with Crippen molar-refractivity contribution >= 4 is 17.2 Å². The van der Waals surface area contributed by atoms with Crippen LogP contribution in [0.5, 0.6) is 23.0 Å². The molecular weight excluding hydrogens is 496 g/mol. The summed E-state index contributed by atoms with van der Waals surface area (Å²) in [5, 5.41) is 15.3. The van der Waals surface area contributed by atoms with Gasteiger partial charge in [0.15, 0.2) is 28.8 Å². The van der Waals surface area contributed by atoms with Crippen molar-refractivity contribution in [2.24, 2.45) is 21.2 Å². The summed E-state index contributed by atoms with van der Waals surface area (Å²) in [5.41, 5.74) is 12.1. The van der Waals surface area contributed by atoms with Crippen molar-refractivity contribution in [1.29, 1.82) is 0 Å². The third-order valence-electron chi connectivity index (χ3n) is 6.83. The number of nitrogens with two attached hydrogens (primary N) is 1. The molecule has 3 aromatic carbocycles. The van der Waals surface area contributed by atoms with Gasteiger partial charge >= 0.3 is 0 Å². The van der Waals surface area contributed by atoms with E-state index in [2.05, 4.69) is 49.9 Å². The van der Waals surface area contributed by atoms with Crippen LogP contribution in [0.15, 0.2) is 64.0 Å². The minimum absolute atomic E-state index is 0.208. The number of nitrogens with one attached hydrogen (secondary N) is 1. The van der Waals surface area contributed by atoms with Crippen LogP contribution in [0.1, 0.15) is 22.3 Å². The maximum atomic E-state index is 6.19. The molecule has 206 valence electrons. The van der Waals surface area contributed by atoms with Crippen molar-refractivity contribution in [1.82, 2.24) is 4.90 Å². The third kappa shape index (κ3) is 6.58. The number of ether oxygens (including phenoxy) is 4. The van der Waals surface area contributed by atoms with Crippen molar-refractivity contribution in [3.8, 4) is 23.0 Å². The molecule has 0 fully saturated rings. The van der Waals surface area contributed by atoms with E-state index in [0.717, 1.165) is 49.7 Å². The summed E-state index contributed by atoms with van der Waals surface area (Å²) in [5.74, 6) is 2.91. The Kier molecular flexibility index (Phi) is 9.22. The Bertz CT molecular complexity index is 1340. The lowest BCUT2D eigenvalue weighted by atomic mass is 9.98. The SMILES string of the molecule is CNc1cc(OC)c(OC)cc1/C(N)=N/N=Nc1ccc(CCN2CCc3cc(OC)c(OC)cc3C2)cc1. The largest absolute Gasteiger partial charge is 0.493 e. The van der Waals surface area contributed by atoms with Gasteiger partial charge in [0.05, 0.1) is 34.1 Å². The average molecular weight is 533 g/mol. The first-order valence-electron chi connectivity index (χ1n) is 12.7. The maximum absolute atomic E-state index is 6.19. The molecule has 10 heteroatoms. The molecule has 1 aliphatic heterocycles. The van der Waals surface area contributed by atoms with E-state index in [1.54, 1.807) is 47.6 Å².